The Balaban J connectivity index is 2.14. The molecular formula is C14H19N3O3. The first-order valence-corrected chi connectivity index (χ1v) is 6.80. The van der Waals surface area contributed by atoms with Crippen LogP contribution in [0.2, 0.25) is 0 Å². The van der Waals surface area contributed by atoms with Gasteiger partial charge in [-0.1, -0.05) is 12.8 Å². The number of nitrogens with one attached hydrogen (secondary N) is 1. The summed E-state index contributed by atoms with van der Waals surface area (Å²) in [5.74, 6) is -0.292. The SMILES string of the molecule is Cc1cc(C(=O)NC2CCCCC2N)cc([N+](=O)[O-])c1. The summed E-state index contributed by atoms with van der Waals surface area (Å²) in [5.41, 5.74) is 6.93. The van der Waals surface area contributed by atoms with Crippen molar-refractivity contribution in [2.45, 2.75) is 44.7 Å². The molecule has 1 aliphatic rings. The van der Waals surface area contributed by atoms with Crippen molar-refractivity contribution in [3.8, 4) is 0 Å². The Hall–Kier alpha value is -1.95. The minimum absolute atomic E-state index is 0.0347. The second-order valence-electron chi connectivity index (χ2n) is 5.34. The number of carbonyl (C=O) groups is 1. The summed E-state index contributed by atoms with van der Waals surface area (Å²) in [4.78, 5) is 22.5. The number of hydrogen-bond acceptors (Lipinski definition) is 4. The summed E-state index contributed by atoms with van der Waals surface area (Å²) in [6.45, 7) is 1.73. The molecule has 1 fully saturated rings. The molecule has 3 N–H and O–H groups in total. The molecule has 0 heterocycles. The van der Waals surface area contributed by atoms with Crippen molar-refractivity contribution in [3.63, 3.8) is 0 Å². The lowest BCUT2D eigenvalue weighted by Crippen LogP contribution is -2.49. The third-order valence-corrected chi connectivity index (χ3v) is 3.67. The number of non-ortho nitro benzene ring substituents is 1. The molecule has 2 atom stereocenters. The molecule has 20 heavy (non-hydrogen) atoms. The third-order valence-electron chi connectivity index (χ3n) is 3.67. The summed E-state index contributed by atoms with van der Waals surface area (Å²) in [6.07, 6.45) is 3.90. The predicted molar refractivity (Wildman–Crippen MR) is 75.5 cm³/mol. The standard InChI is InChI=1S/C14H19N3O3/c1-9-6-10(8-11(7-9)17(19)20)14(18)16-13-5-3-2-4-12(13)15/h6-8,12-13H,2-5,15H2,1H3,(H,16,18). The van der Waals surface area contributed by atoms with Gasteiger partial charge >= 0.3 is 0 Å². The largest absolute Gasteiger partial charge is 0.348 e. The van der Waals surface area contributed by atoms with Gasteiger partial charge in [0.2, 0.25) is 0 Å². The minimum Gasteiger partial charge on any atom is -0.348 e. The van der Waals surface area contributed by atoms with E-state index in [-0.39, 0.29) is 23.7 Å². The second kappa shape index (κ2) is 6.00. The topological polar surface area (TPSA) is 98.3 Å². The Kier molecular flexibility index (Phi) is 4.34. The zero-order valence-corrected chi connectivity index (χ0v) is 11.5. The van der Waals surface area contributed by atoms with E-state index in [1.54, 1.807) is 13.0 Å². The molecule has 0 radical (unpaired) electrons. The first-order chi connectivity index (χ1) is 9.47. The Bertz CT molecular complexity index is 530. The van der Waals surface area contributed by atoms with E-state index in [4.69, 9.17) is 5.73 Å². The summed E-state index contributed by atoms with van der Waals surface area (Å²) in [5, 5.41) is 13.7. The van der Waals surface area contributed by atoms with Gasteiger partial charge in [0.05, 0.1) is 4.92 Å². The van der Waals surface area contributed by atoms with Crippen LogP contribution >= 0.6 is 0 Å². The minimum atomic E-state index is -0.490. The van der Waals surface area contributed by atoms with E-state index in [0.717, 1.165) is 25.7 Å². The summed E-state index contributed by atoms with van der Waals surface area (Å²) in [6, 6.07) is 4.32. The molecule has 108 valence electrons. The normalized spacial score (nSPS) is 22.3. The van der Waals surface area contributed by atoms with Gasteiger partial charge in [0.15, 0.2) is 0 Å². The molecular weight excluding hydrogens is 258 g/mol. The number of benzene rings is 1. The van der Waals surface area contributed by atoms with Crippen molar-refractivity contribution in [1.29, 1.82) is 0 Å². The van der Waals surface area contributed by atoms with E-state index in [9.17, 15) is 14.9 Å². The average Bonchev–Trinajstić information content (AvgIpc) is 2.40. The predicted octanol–water partition coefficient (Wildman–Crippen LogP) is 1.90. The molecule has 2 rings (SSSR count). The molecule has 1 aromatic rings. The number of amides is 1. The van der Waals surface area contributed by atoms with Crippen LogP contribution < -0.4 is 11.1 Å². The lowest BCUT2D eigenvalue weighted by atomic mass is 9.91. The fourth-order valence-corrected chi connectivity index (χ4v) is 2.59. The number of rotatable bonds is 3. The molecule has 0 saturated heterocycles. The van der Waals surface area contributed by atoms with Gasteiger partial charge in [-0.15, -0.1) is 0 Å². The van der Waals surface area contributed by atoms with Crippen LogP contribution in [0.4, 0.5) is 5.69 Å². The van der Waals surface area contributed by atoms with Gasteiger partial charge in [-0.05, 0) is 31.4 Å². The van der Waals surface area contributed by atoms with Crippen LogP contribution in [-0.4, -0.2) is 22.9 Å². The number of hydrogen-bond donors (Lipinski definition) is 2. The number of nitro groups is 1. The van der Waals surface area contributed by atoms with Gasteiger partial charge in [0.25, 0.3) is 11.6 Å². The molecule has 6 heteroatoms. The zero-order valence-electron chi connectivity index (χ0n) is 11.5. The van der Waals surface area contributed by atoms with Crippen molar-refractivity contribution in [2.75, 3.05) is 0 Å². The third kappa shape index (κ3) is 3.33. The second-order valence-corrected chi connectivity index (χ2v) is 5.34. The van der Waals surface area contributed by atoms with Gasteiger partial charge in [0, 0.05) is 29.8 Å². The number of aryl methyl sites for hydroxylation is 1. The van der Waals surface area contributed by atoms with Crippen LogP contribution in [0.5, 0.6) is 0 Å². The number of nitrogens with zero attached hydrogens (tertiary/aromatic N) is 1. The first-order valence-electron chi connectivity index (χ1n) is 6.80. The lowest BCUT2D eigenvalue weighted by Gasteiger charge is -2.29. The Morgan fingerprint density at radius 3 is 2.70 bits per heavy atom. The molecule has 0 spiro atoms. The maximum Gasteiger partial charge on any atom is 0.270 e. The Morgan fingerprint density at radius 2 is 2.05 bits per heavy atom. The van der Waals surface area contributed by atoms with E-state index < -0.39 is 4.92 Å². The van der Waals surface area contributed by atoms with Crippen molar-refractivity contribution < 1.29 is 9.72 Å². The van der Waals surface area contributed by atoms with Crippen molar-refractivity contribution >= 4 is 11.6 Å². The van der Waals surface area contributed by atoms with Gasteiger partial charge in [0.1, 0.15) is 0 Å². The fraction of sp³-hybridized carbons (Fsp3) is 0.500. The molecule has 1 aliphatic carbocycles. The van der Waals surface area contributed by atoms with E-state index >= 15 is 0 Å². The number of nitro benzene ring substituents is 1. The highest BCUT2D eigenvalue weighted by atomic mass is 16.6. The van der Waals surface area contributed by atoms with Gasteiger partial charge in [-0.3, -0.25) is 14.9 Å². The first kappa shape index (κ1) is 14.5. The maximum absolute atomic E-state index is 12.2. The summed E-state index contributed by atoms with van der Waals surface area (Å²) >= 11 is 0. The van der Waals surface area contributed by atoms with Crippen LogP contribution in [-0.2, 0) is 0 Å². The molecule has 1 aromatic carbocycles. The number of carbonyl (C=O) groups excluding carboxylic acids is 1. The van der Waals surface area contributed by atoms with Crippen molar-refractivity contribution in [1.82, 2.24) is 5.32 Å². The molecule has 1 amide bonds. The van der Waals surface area contributed by atoms with E-state index in [0.29, 0.717) is 11.1 Å². The molecule has 0 aliphatic heterocycles. The maximum atomic E-state index is 12.2. The molecule has 2 unspecified atom stereocenters. The molecule has 6 nitrogen and oxygen atoms in total. The van der Waals surface area contributed by atoms with Crippen LogP contribution in [0.1, 0.15) is 41.6 Å². The highest BCUT2D eigenvalue weighted by Gasteiger charge is 2.24. The Morgan fingerprint density at radius 1 is 1.35 bits per heavy atom. The van der Waals surface area contributed by atoms with Crippen LogP contribution in [0, 0.1) is 17.0 Å². The quantitative estimate of drug-likeness (QED) is 0.651. The van der Waals surface area contributed by atoms with Gasteiger partial charge < -0.3 is 11.1 Å². The van der Waals surface area contributed by atoms with E-state index in [2.05, 4.69) is 5.32 Å². The van der Waals surface area contributed by atoms with Crippen LogP contribution in [0.25, 0.3) is 0 Å². The van der Waals surface area contributed by atoms with Gasteiger partial charge in [-0.25, -0.2) is 0 Å². The lowest BCUT2D eigenvalue weighted by molar-refractivity contribution is -0.384. The Labute approximate surface area is 117 Å². The van der Waals surface area contributed by atoms with E-state index in [1.165, 1.54) is 12.1 Å². The summed E-state index contributed by atoms with van der Waals surface area (Å²) < 4.78 is 0. The van der Waals surface area contributed by atoms with Gasteiger partial charge in [-0.2, -0.15) is 0 Å². The van der Waals surface area contributed by atoms with Crippen molar-refractivity contribution in [3.05, 3.63) is 39.4 Å². The molecule has 0 aromatic heterocycles. The van der Waals surface area contributed by atoms with Crippen LogP contribution in [0.15, 0.2) is 18.2 Å². The smallest absolute Gasteiger partial charge is 0.270 e. The average molecular weight is 277 g/mol. The van der Waals surface area contributed by atoms with E-state index in [1.807, 2.05) is 0 Å². The summed E-state index contributed by atoms with van der Waals surface area (Å²) in [7, 11) is 0. The molecule has 0 bridgehead atoms. The van der Waals surface area contributed by atoms with Crippen molar-refractivity contribution in [2.24, 2.45) is 5.73 Å². The zero-order chi connectivity index (χ0) is 14.7. The number of nitrogens with two attached hydrogens (primary N) is 1. The molecule has 1 saturated carbocycles. The monoisotopic (exact) mass is 277 g/mol. The highest BCUT2D eigenvalue weighted by Crippen LogP contribution is 2.19. The highest BCUT2D eigenvalue weighted by molar-refractivity contribution is 5.95. The fourth-order valence-electron chi connectivity index (χ4n) is 2.59. The van der Waals surface area contributed by atoms with Crippen LogP contribution in [0.3, 0.4) is 0 Å².